The third-order valence-corrected chi connectivity index (χ3v) is 2.07. The fourth-order valence-corrected chi connectivity index (χ4v) is 1.44. The number of rotatable bonds is 2. The first kappa shape index (κ1) is 11.3. The van der Waals surface area contributed by atoms with Crippen LogP contribution in [-0.2, 0) is 0 Å². The van der Waals surface area contributed by atoms with E-state index in [-0.39, 0.29) is 5.91 Å². The summed E-state index contributed by atoms with van der Waals surface area (Å²) in [7, 11) is 0. The molecule has 0 saturated carbocycles. The normalized spacial score (nSPS) is 10.3. The zero-order valence-corrected chi connectivity index (χ0v) is 9.81. The van der Waals surface area contributed by atoms with E-state index in [4.69, 9.17) is 4.52 Å². The van der Waals surface area contributed by atoms with E-state index in [1.165, 1.54) is 0 Å². The van der Waals surface area contributed by atoms with Crippen LogP contribution in [-0.4, -0.2) is 21.0 Å². The van der Waals surface area contributed by atoms with E-state index in [0.717, 1.165) is 5.69 Å². The van der Waals surface area contributed by atoms with Gasteiger partial charge in [0.1, 0.15) is 17.3 Å². The molecule has 88 valence electrons. The molecule has 17 heavy (non-hydrogen) atoms. The number of hydrogen-bond donors (Lipinski definition) is 1. The third kappa shape index (κ3) is 2.66. The second-order valence-electron chi connectivity index (χ2n) is 3.72. The fourth-order valence-electron chi connectivity index (χ4n) is 1.44. The molecule has 0 aliphatic heterocycles. The monoisotopic (exact) mass is 232 g/mol. The van der Waals surface area contributed by atoms with Crippen molar-refractivity contribution in [2.75, 3.05) is 5.32 Å². The van der Waals surface area contributed by atoms with Crippen LogP contribution in [0, 0.1) is 20.8 Å². The molecule has 0 aromatic carbocycles. The molecule has 2 rings (SSSR count). The van der Waals surface area contributed by atoms with Gasteiger partial charge in [0.05, 0.1) is 0 Å². The molecule has 2 aromatic heterocycles. The van der Waals surface area contributed by atoms with Gasteiger partial charge in [0.25, 0.3) is 5.91 Å². The lowest BCUT2D eigenvalue weighted by atomic mass is 10.3. The number of carbonyl (C=O) groups is 1. The van der Waals surface area contributed by atoms with Gasteiger partial charge in [-0.15, -0.1) is 0 Å². The highest BCUT2D eigenvalue weighted by Crippen LogP contribution is 2.09. The van der Waals surface area contributed by atoms with Crippen molar-refractivity contribution < 1.29 is 9.32 Å². The van der Waals surface area contributed by atoms with Gasteiger partial charge >= 0.3 is 0 Å². The predicted octanol–water partition coefficient (Wildman–Crippen LogP) is 1.64. The first-order valence-electron chi connectivity index (χ1n) is 5.11. The lowest BCUT2D eigenvalue weighted by Gasteiger charge is -2.02. The molecule has 6 heteroatoms. The summed E-state index contributed by atoms with van der Waals surface area (Å²) in [5, 5.41) is 6.28. The van der Waals surface area contributed by atoms with Crippen molar-refractivity contribution in [1.82, 2.24) is 15.1 Å². The van der Waals surface area contributed by atoms with Crippen LogP contribution in [0.5, 0.6) is 0 Å². The highest BCUT2D eigenvalue weighted by molar-refractivity contribution is 6.02. The molecule has 0 aliphatic rings. The Morgan fingerprint density at radius 2 is 2.00 bits per heavy atom. The van der Waals surface area contributed by atoms with Crippen LogP contribution >= 0.6 is 0 Å². The molecule has 0 radical (unpaired) electrons. The van der Waals surface area contributed by atoms with Gasteiger partial charge in [-0.25, -0.2) is 9.97 Å². The van der Waals surface area contributed by atoms with Gasteiger partial charge in [-0.1, -0.05) is 5.16 Å². The van der Waals surface area contributed by atoms with Crippen LogP contribution in [0.1, 0.15) is 27.8 Å². The van der Waals surface area contributed by atoms with E-state index in [0.29, 0.717) is 23.1 Å². The van der Waals surface area contributed by atoms with E-state index in [1.807, 2.05) is 6.92 Å². The Hall–Kier alpha value is -2.24. The van der Waals surface area contributed by atoms with Crippen LogP contribution < -0.4 is 5.32 Å². The van der Waals surface area contributed by atoms with Gasteiger partial charge in [-0.3, -0.25) is 4.79 Å². The largest absolute Gasteiger partial charge is 0.360 e. The number of aromatic nitrogens is 3. The van der Waals surface area contributed by atoms with Crippen molar-refractivity contribution in [3.8, 4) is 0 Å². The number of carbonyl (C=O) groups excluding carboxylic acids is 1. The lowest BCUT2D eigenvalue weighted by molar-refractivity contribution is 0.102. The van der Waals surface area contributed by atoms with Gasteiger partial charge in [-0.2, -0.15) is 0 Å². The summed E-state index contributed by atoms with van der Waals surface area (Å²) in [4.78, 5) is 20.0. The molecular formula is C11H12N4O2. The topological polar surface area (TPSA) is 80.9 Å². The molecule has 2 aromatic rings. The van der Waals surface area contributed by atoms with Gasteiger partial charge in [0.2, 0.25) is 0 Å². The molecule has 2 heterocycles. The summed E-state index contributed by atoms with van der Waals surface area (Å²) in [6, 6.07) is 3.26. The van der Waals surface area contributed by atoms with Crippen molar-refractivity contribution in [3.05, 3.63) is 35.1 Å². The zero-order chi connectivity index (χ0) is 12.4. The molecular weight excluding hydrogens is 220 g/mol. The van der Waals surface area contributed by atoms with Crippen LogP contribution in [0.2, 0.25) is 0 Å². The Kier molecular flexibility index (Phi) is 2.86. The van der Waals surface area contributed by atoms with E-state index < -0.39 is 0 Å². The summed E-state index contributed by atoms with van der Waals surface area (Å²) in [6.45, 7) is 5.30. The van der Waals surface area contributed by atoms with E-state index in [9.17, 15) is 4.79 Å². The van der Waals surface area contributed by atoms with Gasteiger partial charge in [0, 0.05) is 11.8 Å². The summed E-state index contributed by atoms with van der Waals surface area (Å²) in [5.74, 6) is 1.25. The molecule has 0 fully saturated rings. The SMILES string of the molecule is Cc1cc(C(=O)Nc2cc(C)on2)nc(C)n1. The molecule has 1 amide bonds. The van der Waals surface area contributed by atoms with E-state index in [2.05, 4.69) is 20.4 Å². The smallest absolute Gasteiger partial charge is 0.275 e. The van der Waals surface area contributed by atoms with Crippen molar-refractivity contribution >= 4 is 11.7 Å². The maximum absolute atomic E-state index is 11.8. The number of nitrogens with one attached hydrogen (secondary N) is 1. The van der Waals surface area contributed by atoms with Crippen LogP contribution in [0.25, 0.3) is 0 Å². The molecule has 0 bridgehead atoms. The average molecular weight is 232 g/mol. The van der Waals surface area contributed by atoms with E-state index in [1.54, 1.807) is 26.0 Å². The summed E-state index contributed by atoms with van der Waals surface area (Å²) >= 11 is 0. The van der Waals surface area contributed by atoms with Crippen LogP contribution in [0.3, 0.4) is 0 Å². The molecule has 0 aliphatic carbocycles. The van der Waals surface area contributed by atoms with Crippen LogP contribution in [0.4, 0.5) is 5.82 Å². The van der Waals surface area contributed by atoms with E-state index >= 15 is 0 Å². The maximum Gasteiger partial charge on any atom is 0.275 e. The highest BCUT2D eigenvalue weighted by Gasteiger charge is 2.11. The Labute approximate surface area is 98.1 Å². The van der Waals surface area contributed by atoms with Crippen molar-refractivity contribution in [2.45, 2.75) is 20.8 Å². The quantitative estimate of drug-likeness (QED) is 0.851. The third-order valence-electron chi connectivity index (χ3n) is 2.07. The number of anilines is 1. The minimum absolute atomic E-state index is 0.315. The van der Waals surface area contributed by atoms with Crippen molar-refractivity contribution in [2.24, 2.45) is 0 Å². The summed E-state index contributed by atoms with van der Waals surface area (Å²) in [6.07, 6.45) is 0. The maximum atomic E-state index is 11.8. The molecule has 0 unspecified atom stereocenters. The zero-order valence-electron chi connectivity index (χ0n) is 9.81. The minimum atomic E-state index is -0.327. The van der Waals surface area contributed by atoms with Gasteiger partial charge < -0.3 is 9.84 Å². The molecule has 1 N–H and O–H groups in total. The Bertz CT molecular complexity index is 542. The second kappa shape index (κ2) is 4.32. The average Bonchev–Trinajstić information content (AvgIpc) is 2.62. The number of amides is 1. The molecule has 6 nitrogen and oxygen atoms in total. The minimum Gasteiger partial charge on any atom is -0.360 e. The lowest BCUT2D eigenvalue weighted by Crippen LogP contribution is -2.15. The molecule has 0 spiro atoms. The summed E-state index contributed by atoms with van der Waals surface area (Å²) in [5.41, 5.74) is 1.06. The van der Waals surface area contributed by atoms with Crippen molar-refractivity contribution in [3.63, 3.8) is 0 Å². The highest BCUT2D eigenvalue weighted by atomic mass is 16.5. The van der Waals surface area contributed by atoms with Gasteiger partial charge in [-0.05, 0) is 26.8 Å². The van der Waals surface area contributed by atoms with Crippen LogP contribution in [0.15, 0.2) is 16.7 Å². The molecule has 0 saturated heterocycles. The second-order valence-corrected chi connectivity index (χ2v) is 3.72. The number of nitrogens with zero attached hydrogens (tertiary/aromatic N) is 3. The Morgan fingerprint density at radius 1 is 1.24 bits per heavy atom. The number of aryl methyl sites for hydroxylation is 3. The molecule has 0 atom stereocenters. The van der Waals surface area contributed by atoms with Crippen molar-refractivity contribution in [1.29, 1.82) is 0 Å². The van der Waals surface area contributed by atoms with Gasteiger partial charge in [0.15, 0.2) is 5.82 Å². The Balaban J connectivity index is 2.19. The summed E-state index contributed by atoms with van der Waals surface area (Å²) < 4.78 is 4.85. The number of hydrogen-bond acceptors (Lipinski definition) is 5. The standard InChI is InChI=1S/C11H12N4O2/c1-6-4-9(13-8(3)12-6)11(16)14-10-5-7(2)17-15-10/h4-5H,1-3H3,(H,14,15,16). The first-order valence-corrected chi connectivity index (χ1v) is 5.11. The fraction of sp³-hybridized carbons (Fsp3) is 0.273. The predicted molar refractivity (Wildman–Crippen MR) is 60.7 cm³/mol. The first-order chi connectivity index (χ1) is 8.04. The Morgan fingerprint density at radius 3 is 2.59 bits per heavy atom.